The molecular formula is C11H12Br2N2O2S. The number of rotatable bonds is 2. The maximum Gasteiger partial charge on any atom is 0.255 e. The van der Waals surface area contributed by atoms with Crippen molar-refractivity contribution in [2.45, 2.75) is 12.8 Å². The molecule has 0 aromatic carbocycles. The summed E-state index contributed by atoms with van der Waals surface area (Å²) in [7, 11) is 0. The minimum atomic E-state index is -0.321. The van der Waals surface area contributed by atoms with Crippen molar-refractivity contribution in [3.8, 4) is 0 Å². The third-order valence-corrected chi connectivity index (χ3v) is 5.34. The average molecular weight is 396 g/mol. The maximum absolute atomic E-state index is 12.3. The molecule has 1 aromatic rings. The molecule has 1 saturated heterocycles. The molecular weight excluding hydrogens is 384 g/mol. The molecule has 1 atom stereocenters. The molecule has 4 nitrogen and oxygen atoms in total. The third-order valence-electron chi connectivity index (χ3n) is 3.00. The van der Waals surface area contributed by atoms with Gasteiger partial charge >= 0.3 is 0 Å². The molecule has 2 rings (SSSR count). The number of primary amides is 1. The van der Waals surface area contributed by atoms with E-state index in [1.807, 2.05) is 0 Å². The fraction of sp³-hybridized carbons (Fsp3) is 0.455. The van der Waals surface area contributed by atoms with Crippen LogP contribution in [0.5, 0.6) is 0 Å². The van der Waals surface area contributed by atoms with Crippen molar-refractivity contribution in [2.24, 2.45) is 11.7 Å². The van der Waals surface area contributed by atoms with Crippen molar-refractivity contribution in [1.82, 2.24) is 4.90 Å². The Labute approximate surface area is 126 Å². The highest BCUT2D eigenvalue weighted by molar-refractivity contribution is 9.12. The lowest BCUT2D eigenvalue weighted by Crippen LogP contribution is -2.44. The van der Waals surface area contributed by atoms with Crippen LogP contribution >= 0.6 is 43.2 Å². The van der Waals surface area contributed by atoms with E-state index in [2.05, 4.69) is 31.9 Å². The Bertz CT molecular complexity index is 489. The molecule has 98 valence electrons. The summed E-state index contributed by atoms with van der Waals surface area (Å²) in [6.07, 6.45) is 1.59. The van der Waals surface area contributed by atoms with Crippen molar-refractivity contribution < 1.29 is 9.59 Å². The summed E-state index contributed by atoms with van der Waals surface area (Å²) in [4.78, 5) is 25.2. The van der Waals surface area contributed by atoms with Gasteiger partial charge in [-0.3, -0.25) is 9.59 Å². The second kappa shape index (κ2) is 5.71. The fourth-order valence-corrected chi connectivity index (χ4v) is 4.83. The Hall–Kier alpha value is -0.400. The molecule has 1 fully saturated rings. The number of piperidine rings is 1. The lowest BCUT2D eigenvalue weighted by Gasteiger charge is -2.31. The molecule has 0 bridgehead atoms. The number of hydrogen-bond donors (Lipinski definition) is 1. The SMILES string of the molecule is NC(=O)C1CCCN(C(=O)c2cc(Br)sc2Br)C1. The van der Waals surface area contributed by atoms with Crippen molar-refractivity contribution in [3.05, 3.63) is 19.2 Å². The Morgan fingerprint density at radius 2 is 2.17 bits per heavy atom. The molecule has 18 heavy (non-hydrogen) atoms. The zero-order valence-corrected chi connectivity index (χ0v) is 13.5. The summed E-state index contributed by atoms with van der Waals surface area (Å²) in [6.45, 7) is 1.11. The van der Waals surface area contributed by atoms with E-state index in [1.165, 1.54) is 11.3 Å². The van der Waals surface area contributed by atoms with E-state index in [1.54, 1.807) is 11.0 Å². The topological polar surface area (TPSA) is 63.4 Å². The van der Waals surface area contributed by atoms with Crippen LogP contribution in [0.25, 0.3) is 0 Å². The highest BCUT2D eigenvalue weighted by Crippen LogP contribution is 2.33. The van der Waals surface area contributed by atoms with Gasteiger partial charge in [0, 0.05) is 13.1 Å². The van der Waals surface area contributed by atoms with Crippen LogP contribution in [-0.4, -0.2) is 29.8 Å². The zero-order valence-electron chi connectivity index (χ0n) is 9.49. The average Bonchev–Trinajstić information content (AvgIpc) is 2.67. The van der Waals surface area contributed by atoms with Gasteiger partial charge in [0.1, 0.15) is 0 Å². The van der Waals surface area contributed by atoms with Gasteiger partial charge in [-0.25, -0.2) is 0 Å². The Kier molecular flexibility index (Phi) is 4.45. The second-order valence-electron chi connectivity index (χ2n) is 4.23. The van der Waals surface area contributed by atoms with E-state index >= 15 is 0 Å². The smallest absolute Gasteiger partial charge is 0.255 e. The van der Waals surface area contributed by atoms with Gasteiger partial charge in [0.25, 0.3) is 5.91 Å². The first kappa shape index (κ1) is 14.0. The Morgan fingerprint density at radius 1 is 1.44 bits per heavy atom. The largest absolute Gasteiger partial charge is 0.369 e. The van der Waals surface area contributed by atoms with Gasteiger partial charge in [0.2, 0.25) is 5.91 Å². The number of halogens is 2. The Balaban J connectivity index is 2.14. The Morgan fingerprint density at radius 3 is 2.72 bits per heavy atom. The van der Waals surface area contributed by atoms with Crippen LogP contribution in [0.3, 0.4) is 0 Å². The number of carbonyl (C=O) groups is 2. The summed E-state index contributed by atoms with van der Waals surface area (Å²) in [5.41, 5.74) is 5.95. The van der Waals surface area contributed by atoms with E-state index in [4.69, 9.17) is 5.73 Å². The fourth-order valence-electron chi connectivity index (χ4n) is 2.05. The molecule has 0 saturated carbocycles. The van der Waals surface area contributed by atoms with Crippen molar-refractivity contribution in [3.63, 3.8) is 0 Å². The third kappa shape index (κ3) is 2.95. The van der Waals surface area contributed by atoms with Crippen LogP contribution in [0.1, 0.15) is 23.2 Å². The van der Waals surface area contributed by atoms with Crippen molar-refractivity contribution in [1.29, 1.82) is 0 Å². The normalized spacial score (nSPS) is 19.9. The molecule has 2 N–H and O–H groups in total. The predicted octanol–water partition coefficient (Wildman–Crippen LogP) is 2.61. The lowest BCUT2D eigenvalue weighted by atomic mass is 9.97. The first-order valence-corrected chi connectivity index (χ1v) is 7.92. The number of nitrogens with zero attached hydrogens (tertiary/aromatic N) is 1. The zero-order chi connectivity index (χ0) is 13.3. The van der Waals surface area contributed by atoms with E-state index in [-0.39, 0.29) is 17.7 Å². The van der Waals surface area contributed by atoms with Crippen molar-refractivity contribution >= 4 is 55.0 Å². The summed E-state index contributed by atoms with van der Waals surface area (Å²) in [6, 6.07) is 1.80. The molecule has 0 radical (unpaired) electrons. The van der Waals surface area contributed by atoms with Gasteiger partial charge in [-0.2, -0.15) is 0 Å². The minimum Gasteiger partial charge on any atom is -0.369 e. The van der Waals surface area contributed by atoms with Crippen LogP contribution in [0.4, 0.5) is 0 Å². The molecule has 0 aliphatic carbocycles. The lowest BCUT2D eigenvalue weighted by molar-refractivity contribution is -0.123. The number of amides is 2. The summed E-state index contributed by atoms with van der Waals surface area (Å²) >= 11 is 8.19. The van der Waals surface area contributed by atoms with E-state index in [9.17, 15) is 9.59 Å². The second-order valence-corrected chi connectivity index (χ2v) is 7.98. The molecule has 0 spiro atoms. The van der Waals surface area contributed by atoms with E-state index < -0.39 is 0 Å². The number of nitrogens with two attached hydrogens (primary N) is 1. The first-order chi connectivity index (χ1) is 8.49. The number of carbonyl (C=O) groups excluding carboxylic acids is 2. The highest BCUT2D eigenvalue weighted by atomic mass is 79.9. The first-order valence-electron chi connectivity index (χ1n) is 5.52. The van der Waals surface area contributed by atoms with Gasteiger partial charge in [-0.15, -0.1) is 11.3 Å². The van der Waals surface area contributed by atoms with Gasteiger partial charge in [-0.1, -0.05) is 0 Å². The summed E-state index contributed by atoms with van der Waals surface area (Å²) in [5.74, 6) is -0.587. The monoisotopic (exact) mass is 394 g/mol. The number of thiophene rings is 1. The molecule has 1 unspecified atom stereocenters. The molecule has 1 aliphatic heterocycles. The number of likely N-dealkylation sites (tertiary alicyclic amines) is 1. The van der Waals surface area contributed by atoms with Crippen LogP contribution in [-0.2, 0) is 4.79 Å². The molecule has 1 aliphatic rings. The molecule has 7 heteroatoms. The summed E-state index contributed by atoms with van der Waals surface area (Å²) < 4.78 is 1.71. The number of hydrogen-bond acceptors (Lipinski definition) is 3. The van der Waals surface area contributed by atoms with E-state index in [0.29, 0.717) is 18.7 Å². The molecule has 1 aromatic heterocycles. The highest BCUT2D eigenvalue weighted by Gasteiger charge is 2.28. The van der Waals surface area contributed by atoms with Crippen LogP contribution in [0.2, 0.25) is 0 Å². The van der Waals surface area contributed by atoms with Crippen LogP contribution in [0.15, 0.2) is 13.6 Å². The maximum atomic E-state index is 12.3. The predicted molar refractivity (Wildman–Crippen MR) is 77.5 cm³/mol. The van der Waals surface area contributed by atoms with Gasteiger partial charge in [-0.05, 0) is 50.8 Å². The summed E-state index contributed by atoms with van der Waals surface area (Å²) in [5, 5.41) is 0. The van der Waals surface area contributed by atoms with E-state index in [0.717, 1.165) is 20.4 Å². The van der Waals surface area contributed by atoms with Gasteiger partial charge in [0.05, 0.1) is 19.1 Å². The molecule has 2 amide bonds. The van der Waals surface area contributed by atoms with Crippen LogP contribution < -0.4 is 5.73 Å². The van der Waals surface area contributed by atoms with Crippen molar-refractivity contribution in [2.75, 3.05) is 13.1 Å². The standard InChI is InChI=1S/C11H12Br2N2O2S/c12-8-4-7(9(13)18-8)11(17)15-3-1-2-6(5-15)10(14)16/h4,6H,1-3,5H2,(H2,14,16). The minimum absolute atomic E-state index is 0.0465. The van der Waals surface area contributed by atoms with Gasteiger partial charge in [0.15, 0.2) is 0 Å². The molecule has 2 heterocycles. The van der Waals surface area contributed by atoms with Crippen LogP contribution in [0, 0.1) is 5.92 Å². The quantitative estimate of drug-likeness (QED) is 0.836. The van der Waals surface area contributed by atoms with Gasteiger partial charge < -0.3 is 10.6 Å².